The van der Waals surface area contributed by atoms with E-state index in [1.54, 1.807) is 18.3 Å². The summed E-state index contributed by atoms with van der Waals surface area (Å²) in [6.45, 7) is 0. The summed E-state index contributed by atoms with van der Waals surface area (Å²) in [5.74, 6) is 0.578. The summed E-state index contributed by atoms with van der Waals surface area (Å²) >= 11 is 15.5. The molecule has 0 aliphatic heterocycles. The van der Waals surface area contributed by atoms with Crippen LogP contribution >= 0.6 is 39.1 Å². The first-order valence-electron chi connectivity index (χ1n) is 8.41. The first kappa shape index (κ1) is 18.9. The van der Waals surface area contributed by atoms with Gasteiger partial charge < -0.3 is 4.42 Å². The number of benzene rings is 3. The maximum absolute atomic E-state index is 6.15. The molecule has 0 saturated carbocycles. The van der Waals surface area contributed by atoms with E-state index in [9.17, 15) is 0 Å². The van der Waals surface area contributed by atoms with Gasteiger partial charge in [0.2, 0.25) is 5.89 Å². The zero-order valence-corrected chi connectivity index (χ0v) is 17.5. The van der Waals surface area contributed by atoms with Gasteiger partial charge in [-0.25, -0.2) is 4.98 Å². The van der Waals surface area contributed by atoms with Gasteiger partial charge in [0.05, 0.1) is 5.69 Å². The molecule has 0 aliphatic rings. The Bertz CT molecular complexity index is 1210. The van der Waals surface area contributed by atoms with E-state index in [2.05, 4.69) is 25.9 Å². The van der Waals surface area contributed by atoms with Gasteiger partial charge in [0.15, 0.2) is 5.58 Å². The second kappa shape index (κ2) is 8.31. The minimum absolute atomic E-state index is 0.578. The number of allylic oxidation sites excluding steroid dienone is 1. The van der Waals surface area contributed by atoms with Crippen molar-refractivity contribution in [3.8, 4) is 11.5 Å². The Labute approximate surface area is 180 Å². The zero-order chi connectivity index (χ0) is 19.5. The number of halogens is 3. The maximum Gasteiger partial charge on any atom is 0.227 e. The lowest BCUT2D eigenvalue weighted by Gasteiger charge is -1.97. The minimum Gasteiger partial charge on any atom is -0.436 e. The molecule has 138 valence electrons. The molecule has 3 aromatic carbocycles. The SMILES string of the molecule is Clc1ccc(/C=C/C=Nc2ccc3oc(-c4cccc(Br)c4)nc3c2)c(Cl)c1. The van der Waals surface area contributed by atoms with E-state index in [4.69, 9.17) is 27.6 Å². The van der Waals surface area contributed by atoms with E-state index in [-0.39, 0.29) is 0 Å². The van der Waals surface area contributed by atoms with Crippen molar-refractivity contribution in [2.75, 3.05) is 0 Å². The van der Waals surface area contributed by atoms with E-state index >= 15 is 0 Å². The van der Waals surface area contributed by atoms with Crippen molar-refractivity contribution >= 4 is 68.2 Å². The van der Waals surface area contributed by atoms with Gasteiger partial charge in [-0.1, -0.05) is 57.3 Å². The van der Waals surface area contributed by atoms with Crippen LogP contribution in [0.1, 0.15) is 5.56 Å². The molecule has 0 fully saturated rings. The van der Waals surface area contributed by atoms with E-state index in [1.807, 2.05) is 60.7 Å². The van der Waals surface area contributed by atoms with E-state index < -0.39 is 0 Å². The first-order valence-corrected chi connectivity index (χ1v) is 9.96. The molecule has 0 aliphatic carbocycles. The van der Waals surface area contributed by atoms with Crippen LogP contribution in [0.5, 0.6) is 0 Å². The van der Waals surface area contributed by atoms with Crippen LogP contribution in [0.4, 0.5) is 5.69 Å². The highest BCUT2D eigenvalue weighted by molar-refractivity contribution is 9.10. The van der Waals surface area contributed by atoms with Gasteiger partial charge in [0, 0.05) is 26.3 Å². The molecule has 0 unspecified atom stereocenters. The highest BCUT2D eigenvalue weighted by Crippen LogP contribution is 2.28. The third kappa shape index (κ3) is 4.36. The topological polar surface area (TPSA) is 38.4 Å². The van der Waals surface area contributed by atoms with Gasteiger partial charge in [-0.05, 0) is 60.2 Å². The van der Waals surface area contributed by atoms with Crippen LogP contribution in [0, 0.1) is 0 Å². The molecule has 0 spiro atoms. The molecule has 6 heteroatoms. The van der Waals surface area contributed by atoms with Crippen molar-refractivity contribution in [2.45, 2.75) is 0 Å². The quantitative estimate of drug-likeness (QED) is 0.283. The van der Waals surface area contributed by atoms with Crippen LogP contribution in [0.15, 0.2) is 80.6 Å². The third-order valence-corrected chi connectivity index (χ3v) is 5.05. The van der Waals surface area contributed by atoms with Crippen LogP contribution < -0.4 is 0 Å². The number of oxazole rings is 1. The van der Waals surface area contributed by atoms with E-state index in [1.165, 1.54) is 0 Å². The Morgan fingerprint density at radius 2 is 1.89 bits per heavy atom. The van der Waals surface area contributed by atoms with Crippen molar-refractivity contribution in [3.63, 3.8) is 0 Å². The number of aliphatic imine (C=N–C) groups is 1. The number of rotatable bonds is 4. The number of hydrogen-bond acceptors (Lipinski definition) is 3. The highest BCUT2D eigenvalue weighted by Gasteiger charge is 2.08. The van der Waals surface area contributed by atoms with Gasteiger partial charge >= 0.3 is 0 Å². The fourth-order valence-electron chi connectivity index (χ4n) is 2.65. The molecular weight excluding hydrogens is 459 g/mol. The second-order valence-electron chi connectivity index (χ2n) is 5.98. The van der Waals surface area contributed by atoms with Crippen molar-refractivity contribution in [1.29, 1.82) is 0 Å². The van der Waals surface area contributed by atoms with Crippen LogP contribution in [0.25, 0.3) is 28.6 Å². The molecule has 0 bridgehead atoms. The zero-order valence-electron chi connectivity index (χ0n) is 14.4. The summed E-state index contributed by atoms with van der Waals surface area (Å²) in [5, 5.41) is 1.21. The van der Waals surface area contributed by atoms with Crippen LogP contribution in [0.2, 0.25) is 10.0 Å². The Morgan fingerprint density at radius 1 is 1.00 bits per heavy atom. The minimum atomic E-state index is 0.578. The third-order valence-electron chi connectivity index (χ3n) is 3.99. The lowest BCUT2D eigenvalue weighted by atomic mass is 10.2. The smallest absolute Gasteiger partial charge is 0.227 e. The fourth-order valence-corrected chi connectivity index (χ4v) is 3.52. The van der Waals surface area contributed by atoms with Gasteiger partial charge in [-0.3, -0.25) is 4.99 Å². The molecule has 0 atom stereocenters. The fraction of sp³-hybridized carbons (Fsp3) is 0. The van der Waals surface area contributed by atoms with Crippen molar-refractivity contribution in [2.24, 2.45) is 4.99 Å². The molecular formula is C22H13BrCl2N2O. The number of hydrogen-bond donors (Lipinski definition) is 0. The van der Waals surface area contributed by atoms with Gasteiger partial charge in [0.1, 0.15) is 5.52 Å². The molecule has 4 aromatic rings. The lowest BCUT2D eigenvalue weighted by molar-refractivity contribution is 0.620. The summed E-state index contributed by atoms with van der Waals surface area (Å²) in [4.78, 5) is 9.02. The number of nitrogens with zero attached hydrogens (tertiary/aromatic N) is 2. The molecule has 3 nitrogen and oxygen atoms in total. The van der Waals surface area contributed by atoms with Gasteiger partial charge in [-0.15, -0.1) is 0 Å². The Kier molecular flexibility index (Phi) is 5.62. The summed E-state index contributed by atoms with van der Waals surface area (Å²) in [5.41, 5.74) is 4.06. The predicted molar refractivity (Wildman–Crippen MR) is 121 cm³/mol. The summed E-state index contributed by atoms with van der Waals surface area (Å²) < 4.78 is 6.82. The number of aromatic nitrogens is 1. The van der Waals surface area contributed by atoms with Crippen LogP contribution in [-0.4, -0.2) is 11.2 Å². The average molecular weight is 472 g/mol. The first-order chi connectivity index (χ1) is 13.6. The average Bonchev–Trinajstić information content (AvgIpc) is 3.10. The number of fused-ring (bicyclic) bond motifs is 1. The standard InChI is InChI=1S/C22H13BrCl2N2O/c23-16-5-1-3-15(11-16)22-27-20-13-18(8-9-21(20)28-22)26-10-2-4-14-6-7-17(24)12-19(14)25/h1-13H/b4-2+,26-10?. The Balaban J connectivity index is 1.54. The largest absolute Gasteiger partial charge is 0.436 e. The van der Waals surface area contributed by atoms with E-state index in [0.29, 0.717) is 15.9 Å². The molecule has 28 heavy (non-hydrogen) atoms. The molecule has 0 saturated heterocycles. The molecule has 0 amide bonds. The normalized spacial score (nSPS) is 11.8. The Hall–Kier alpha value is -2.40. The van der Waals surface area contributed by atoms with E-state index in [0.717, 1.165) is 32.4 Å². The van der Waals surface area contributed by atoms with Crippen molar-refractivity contribution in [3.05, 3.63) is 86.8 Å². The van der Waals surface area contributed by atoms with Crippen LogP contribution in [0.3, 0.4) is 0 Å². The lowest BCUT2D eigenvalue weighted by Crippen LogP contribution is -1.76. The summed E-state index contributed by atoms with van der Waals surface area (Å²) in [6.07, 6.45) is 5.42. The molecule has 1 heterocycles. The van der Waals surface area contributed by atoms with Crippen molar-refractivity contribution in [1.82, 2.24) is 4.98 Å². The second-order valence-corrected chi connectivity index (χ2v) is 7.74. The monoisotopic (exact) mass is 470 g/mol. The molecule has 4 rings (SSSR count). The van der Waals surface area contributed by atoms with Crippen molar-refractivity contribution < 1.29 is 4.42 Å². The Morgan fingerprint density at radius 3 is 2.71 bits per heavy atom. The molecule has 1 aromatic heterocycles. The molecule has 0 radical (unpaired) electrons. The summed E-state index contributed by atoms with van der Waals surface area (Å²) in [6, 6.07) is 18.9. The highest BCUT2D eigenvalue weighted by atomic mass is 79.9. The molecule has 0 N–H and O–H groups in total. The maximum atomic E-state index is 6.15. The van der Waals surface area contributed by atoms with Gasteiger partial charge in [0.25, 0.3) is 0 Å². The predicted octanol–water partition coefficient (Wildman–Crippen LogP) is 7.98. The summed E-state index contributed by atoms with van der Waals surface area (Å²) in [7, 11) is 0. The van der Waals surface area contributed by atoms with Crippen LogP contribution in [-0.2, 0) is 0 Å². The van der Waals surface area contributed by atoms with Gasteiger partial charge in [-0.2, -0.15) is 0 Å².